The third-order valence-corrected chi connectivity index (χ3v) is 12.7. The van der Waals surface area contributed by atoms with Crippen LogP contribution >= 0.6 is 0 Å². The number of allylic oxidation sites excluding steroid dienone is 7. The minimum atomic E-state index is -1.79. The van der Waals surface area contributed by atoms with Gasteiger partial charge in [0.15, 0.2) is 12.6 Å². The summed E-state index contributed by atoms with van der Waals surface area (Å²) < 4.78 is 22.7. The average molecular weight is 954 g/mol. The first-order valence-corrected chi connectivity index (χ1v) is 26.4. The number of amides is 1. The molecule has 2 saturated heterocycles. The summed E-state index contributed by atoms with van der Waals surface area (Å²) in [6.45, 7) is 2.72. The van der Waals surface area contributed by atoms with Gasteiger partial charge in [-0.25, -0.2) is 0 Å². The van der Waals surface area contributed by atoms with Crippen LogP contribution in [-0.4, -0.2) is 140 Å². The summed E-state index contributed by atoms with van der Waals surface area (Å²) >= 11 is 0. The van der Waals surface area contributed by atoms with Crippen LogP contribution in [0.4, 0.5) is 0 Å². The van der Waals surface area contributed by atoms with Gasteiger partial charge in [0.1, 0.15) is 48.8 Å². The van der Waals surface area contributed by atoms with Gasteiger partial charge in [0.05, 0.1) is 32.0 Å². The van der Waals surface area contributed by atoms with Gasteiger partial charge in [0, 0.05) is 6.42 Å². The molecule has 9 N–H and O–H groups in total. The van der Waals surface area contributed by atoms with Crippen molar-refractivity contribution >= 4 is 5.91 Å². The predicted molar refractivity (Wildman–Crippen MR) is 263 cm³/mol. The first-order valence-electron chi connectivity index (χ1n) is 26.4. The number of ether oxygens (including phenoxy) is 4. The van der Waals surface area contributed by atoms with Gasteiger partial charge in [-0.2, -0.15) is 0 Å². The van der Waals surface area contributed by atoms with Crippen molar-refractivity contribution in [3.63, 3.8) is 0 Å². The van der Waals surface area contributed by atoms with Crippen LogP contribution < -0.4 is 5.32 Å². The van der Waals surface area contributed by atoms with Gasteiger partial charge in [0.25, 0.3) is 0 Å². The van der Waals surface area contributed by atoms with Crippen LogP contribution in [0.2, 0.25) is 0 Å². The number of unbranched alkanes of at least 4 members (excludes halogenated alkanes) is 21. The van der Waals surface area contributed by atoms with Crippen molar-refractivity contribution < 1.29 is 64.6 Å². The molecule has 14 nitrogen and oxygen atoms in total. The molecule has 2 fully saturated rings. The quantitative estimate of drug-likeness (QED) is 0.0218. The standard InChI is InChI=1S/C53H95NO13/c1-3-5-7-9-11-13-15-17-19-20-21-23-24-26-28-30-32-34-36-42(57)41(54-45(58)37-35-33-31-29-27-25-22-18-16-14-12-10-8-6-4-2)40-64-52-50(63)48(61)51(44(39-56)66-52)67-53-49(62)47(60)46(59)43(38-55)65-53/h12,14,18,22,26,28,34,36,41-44,46-53,55-57,59-63H,3-11,13,15-17,19-21,23-25,27,29-33,35,37-40H2,1-2H3,(H,54,58)/b14-12-,22-18-,28-26+,36-34+. The lowest BCUT2D eigenvalue weighted by Gasteiger charge is -2.46. The number of hydrogen-bond donors (Lipinski definition) is 9. The maximum Gasteiger partial charge on any atom is 0.220 e. The summed E-state index contributed by atoms with van der Waals surface area (Å²) in [4.78, 5) is 13.2. The second kappa shape index (κ2) is 39.6. The predicted octanol–water partition coefficient (Wildman–Crippen LogP) is 7.27. The minimum Gasteiger partial charge on any atom is -0.394 e. The minimum absolute atomic E-state index is 0.256. The van der Waals surface area contributed by atoms with E-state index in [1.807, 2.05) is 6.08 Å². The molecule has 2 rings (SSSR count). The first kappa shape index (κ1) is 61.1. The summed E-state index contributed by atoms with van der Waals surface area (Å²) in [5.41, 5.74) is 0. The van der Waals surface area contributed by atoms with Crippen molar-refractivity contribution in [3.05, 3.63) is 48.6 Å². The molecule has 1 amide bonds. The fourth-order valence-electron chi connectivity index (χ4n) is 8.39. The molecule has 0 aliphatic carbocycles. The number of carbonyl (C=O) groups is 1. The molecule has 14 heteroatoms. The summed E-state index contributed by atoms with van der Waals surface area (Å²) in [7, 11) is 0. The topological polar surface area (TPSA) is 228 Å². The van der Waals surface area contributed by atoms with E-state index in [4.69, 9.17) is 18.9 Å². The van der Waals surface area contributed by atoms with E-state index < -0.39 is 86.8 Å². The molecule has 0 bridgehead atoms. The molecule has 12 atom stereocenters. The van der Waals surface area contributed by atoms with E-state index in [2.05, 4.69) is 55.6 Å². The van der Waals surface area contributed by atoms with E-state index in [0.29, 0.717) is 12.8 Å². The highest BCUT2D eigenvalue weighted by atomic mass is 16.7. The maximum atomic E-state index is 13.2. The highest BCUT2D eigenvalue weighted by Gasteiger charge is 2.51. The molecular weight excluding hydrogens is 859 g/mol. The Bertz CT molecular complexity index is 1310. The Morgan fingerprint density at radius 1 is 0.537 bits per heavy atom. The largest absolute Gasteiger partial charge is 0.394 e. The second-order valence-corrected chi connectivity index (χ2v) is 18.6. The van der Waals surface area contributed by atoms with Crippen LogP contribution in [0.1, 0.15) is 187 Å². The van der Waals surface area contributed by atoms with Crippen LogP contribution in [-0.2, 0) is 23.7 Å². The van der Waals surface area contributed by atoms with Gasteiger partial charge in [-0.3, -0.25) is 4.79 Å². The van der Waals surface area contributed by atoms with Crippen molar-refractivity contribution in [2.75, 3.05) is 19.8 Å². The van der Waals surface area contributed by atoms with Crippen molar-refractivity contribution in [2.24, 2.45) is 0 Å². The Labute approximate surface area is 403 Å². The monoisotopic (exact) mass is 954 g/mol. The number of hydrogen-bond acceptors (Lipinski definition) is 13. The first-order chi connectivity index (χ1) is 32.6. The van der Waals surface area contributed by atoms with Crippen LogP contribution in [0.15, 0.2) is 48.6 Å². The molecule has 2 aliphatic rings. The third-order valence-electron chi connectivity index (χ3n) is 12.7. The highest BCUT2D eigenvalue weighted by molar-refractivity contribution is 5.76. The number of nitrogens with one attached hydrogen (secondary N) is 1. The smallest absolute Gasteiger partial charge is 0.220 e. The zero-order chi connectivity index (χ0) is 48.9. The van der Waals surface area contributed by atoms with Gasteiger partial charge < -0.3 is 65.1 Å². The van der Waals surface area contributed by atoms with Crippen LogP contribution in [0.5, 0.6) is 0 Å². The molecule has 0 spiro atoms. The summed E-state index contributed by atoms with van der Waals surface area (Å²) in [6, 6.07) is -0.938. The van der Waals surface area contributed by atoms with Gasteiger partial charge in [0.2, 0.25) is 5.91 Å². The fourth-order valence-corrected chi connectivity index (χ4v) is 8.39. The number of carbonyl (C=O) groups excluding carboxylic acids is 1. The van der Waals surface area contributed by atoms with Crippen LogP contribution in [0.3, 0.4) is 0 Å². The molecule has 12 unspecified atom stereocenters. The fraction of sp³-hybridized carbons (Fsp3) is 0.830. The number of aliphatic hydroxyl groups is 8. The summed E-state index contributed by atoms with van der Waals surface area (Å²) in [5.74, 6) is -0.265. The van der Waals surface area contributed by atoms with Crippen LogP contribution in [0, 0.1) is 0 Å². The average Bonchev–Trinajstić information content (AvgIpc) is 3.32. The van der Waals surface area contributed by atoms with Gasteiger partial charge in [-0.15, -0.1) is 0 Å². The van der Waals surface area contributed by atoms with Crippen LogP contribution in [0.25, 0.3) is 0 Å². The molecule has 2 heterocycles. The van der Waals surface area contributed by atoms with E-state index >= 15 is 0 Å². The number of rotatable bonds is 40. The lowest BCUT2D eigenvalue weighted by Crippen LogP contribution is -2.65. The normalized spacial score (nSPS) is 27.0. The Balaban J connectivity index is 1.86. The summed E-state index contributed by atoms with van der Waals surface area (Å²) in [6.07, 6.45) is 30.0. The van der Waals surface area contributed by atoms with E-state index in [-0.39, 0.29) is 18.9 Å². The maximum absolute atomic E-state index is 13.2. The molecule has 0 aromatic rings. The van der Waals surface area contributed by atoms with E-state index in [9.17, 15) is 45.6 Å². The van der Waals surface area contributed by atoms with Gasteiger partial charge in [-0.05, 0) is 64.2 Å². The molecule has 0 saturated carbocycles. The molecule has 67 heavy (non-hydrogen) atoms. The zero-order valence-electron chi connectivity index (χ0n) is 41.4. The highest BCUT2D eigenvalue weighted by Crippen LogP contribution is 2.30. The SMILES string of the molecule is CCCCC/C=C\C/C=C\CCCCCCCC(=O)NC(COC1OC(CO)C(OC2OC(CO)C(O)C(O)C2O)C(O)C1O)C(O)/C=C/CC/C=C/CCCCCCCCCCCCCC. The van der Waals surface area contributed by atoms with Crippen molar-refractivity contribution in [3.8, 4) is 0 Å². The molecule has 2 aliphatic heterocycles. The lowest BCUT2D eigenvalue weighted by atomic mass is 9.97. The molecule has 0 aromatic carbocycles. The van der Waals surface area contributed by atoms with E-state index in [1.54, 1.807) is 6.08 Å². The lowest BCUT2D eigenvalue weighted by molar-refractivity contribution is -0.359. The molecular formula is C53H95NO13. The van der Waals surface area contributed by atoms with E-state index in [0.717, 1.165) is 57.8 Å². The van der Waals surface area contributed by atoms with Gasteiger partial charge >= 0.3 is 0 Å². The molecule has 390 valence electrons. The third kappa shape index (κ3) is 26.7. The van der Waals surface area contributed by atoms with E-state index in [1.165, 1.54) is 96.3 Å². The Morgan fingerprint density at radius 3 is 1.58 bits per heavy atom. The Morgan fingerprint density at radius 2 is 1.00 bits per heavy atom. The van der Waals surface area contributed by atoms with Crippen molar-refractivity contribution in [1.29, 1.82) is 0 Å². The van der Waals surface area contributed by atoms with Gasteiger partial charge in [-0.1, -0.05) is 165 Å². The number of aliphatic hydroxyl groups excluding tert-OH is 8. The zero-order valence-corrected chi connectivity index (χ0v) is 41.4. The molecule has 0 radical (unpaired) electrons. The Hall–Kier alpha value is -2.05. The Kier molecular flexibility index (Phi) is 36.1. The summed E-state index contributed by atoms with van der Waals surface area (Å²) in [5, 5.41) is 86.8. The molecule has 0 aromatic heterocycles. The van der Waals surface area contributed by atoms with Crippen molar-refractivity contribution in [2.45, 2.75) is 261 Å². The van der Waals surface area contributed by atoms with Crippen molar-refractivity contribution in [1.82, 2.24) is 5.32 Å². The second-order valence-electron chi connectivity index (χ2n) is 18.6.